The van der Waals surface area contributed by atoms with Crippen molar-refractivity contribution in [2.45, 2.75) is 20.8 Å². The molecule has 0 aliphatic carbocycles. The Labute approximate surface area is 74.1 Å². The van der Waals surface area contributed by atoms with Gasteiger partial charge in [-0.05, 0) is 26.2 Å². The molecule has 0 atom stereocenters. The molecular formula is C9H15BO2. The predicted octanol–water partition coefficient (Wildman–Crippen LogP) is 1.47. The van der Waals surface area contributed by atoms with Gasteiger partial charge in [-0.3, -0.25) is 0 Å². The SMILES string of the molecule is C/C=C(\C=C/C=C(C)C)B(O)O. The van der Waals surface area contributed by atoms with Crippen molar-refractivity contribution < 1.29 is 10.0 Å². The number of hydrogen-bond acceptors (Lipinski definition) is 2. The van der Waals surface area contributed by atoms with Crippen LogP contribution < -0.4 is 0 Å². The zero-order valence-corrected chi connectivity index (χ0v) is 7.78. The molecule has 2 nitrogen and oxygen atoms in total. The summed E-state index contributed by atoms with van der Waals surface area (Å²) in [5.74, 6) is 0. The fourth-order valence-electron chi connectivity index (χ4n) is 0.683. The minimum atomic E-state index is -1.38. The van der Waals surface area contributed by atoms with Gasteiger partial charge in [0, 0.05) is 0 Å². The Hall–Kier alpha value is -0.795. The molecule has 0 aromatic carbocycles. The molecule has 3 heteroatoms. The predicted molar refractivity (Wildman–Crippen MR) is 52.5 cm³/mol. The molecule has 0 amide bonds. The summed E-state index contributed by atoms with van der Waals surface area (Å²) in [6.07, 6.45) is 7.05. The largest absolute Gasteiger partial charge is 0.488 e. The van der Waals surface area contributed by atoms with E-state index in [-0.39, 0.29) is 0 Å². The van der Waals surface area contributed by atoms with E-state index in [1.165, 1.54) is 5.57 Å². The summed E-state index contributed by atoms with van der Waals surface area (Å²) in [6, 6.07) is 0. The molecule has 66 valence electrons. The Bertz CT molecular complexity index is 211. The van der Waals surface area contributed by atoms with Crippen LogP contribution in [0.15, 0.2) is 35.3 Å². The number of hydrogen-bond donors (Lipinski definition) is 2. The molecule has 0 saturated carbocycles. The van der Waals surface area contributed by atoms with Crippen molar-refractivity contribution >= 4 is 7.12 Å². The minimum Gasteiger partial charge on any atom is -0.423 e. The molecule has 0 saturated heterocycles. The molecule has 0 heterocycles. The van der Waals surface area contributed by atoms with Crippen LogP contribution in [0, 0.1) is 0 Å². The third-order valence-corrected chi connectivity index (χ3v) is 1.35. The van der Waals surface area contributed by atoms with Crippen LogP contribution in [0.1, 0.15) is 20.8 Å². The summed E-state index contributed by atoms with van der Waals surface area (Å²) in [5, 5.41) is 17.6. The smallest absolute Gasteiger partial charge is 0.423 e. The summed E-state index contributed by atoms with van der Waals surface area (Å²) in [5.41, 5.74) is 1.68. The van der Waals surface area contributed by atoms with Crippen LogP contribution in [0.2, 0.25) is 0 Å². The molecule has 12 heavy (non-hydrogen) atoms. The lowest BCUT2D eigenvalue weighted by atomic mass is 9.79. The van der Waals surface area contributed by atoms with E-state index in [0.717, 1.165) is 0 Å². The van der Waals surface area contributed by atoms with Crippen molar-refractivity contribution in [1.82, 2.24) is 0 Å². The molecule has 0 fully saturated rings. The van der Waals surface area contributed by atoms with Crippen LogP contribution in [0.25, 0.3) is 0 Å². The van der Waals surface area contributed by atoms with Gasteiger partial charge in [0.05, 0.1) is 0 Å². The van der Waals surface area contributed by atoms with Crippen molar-refractivity contribution in [3.05, 3.63) is 35.3 Å². The summed E-state index contributed by atoms with van der Waals surface area (Å²) >= 11 is 0. The second kappa shape index (κ2) is 5.80. The maximum absolute atomic E-state index is 8.79. The van der Waals surface area contributed by atoms with Gasteiger partial charge in [-0.25, -0.2) is 0 Å². The topological polar surface area (TPSA) is 40.5 Å². The van der Waals surface area contributed by atoms with Gasteiger partial charge in [-0.2, -0.15) is 0 Å². The number of allylic oxidation sites excluding steroid dienone is 6. The summed E-state index contributed by atoms with van der Waals surface area (Å²) < 4.78 is 0. The quantitative estimate of drug-likeness (QED) is 0.492. The molecule has 0 aromatic heterocycles. The van der Waals surface area contributed by atoms with E-state index >= 15 is 0 Å². The van der Waals surface area contributed by atoms with Gasteiger partial charge in [-0.15, -0.1) is 0 Å². The van der Waals surface area contributed by atoms with Crippen LogP contribution >= 0.6 is 0 Å². The molecule has 0 aromatic rings. The first-order valence-electron chi connectivity index (χ1n) is 3.92. The Morgan fingerprint density at radius 3 is 2.17 bits per heavy atom. The van der Waals surface area contributed by atoms with E-state index in [4.69, 9.17) is 10.0 Å². The van der Waals surface area contributed by atoms with Crippen LogP contribution in [-0.2, 0) is 0 Å². The zero-order valence-electron chi connectivity index (χ0n) is 7.78. The van der Waals surface area contributed by atoms with E-state index in [0.29, 0.717) is 5.47 Å². The van der Waals surface area contributed by atoms with Crippen LogP contribution in [0.4, 0.5) is 0 Å². The van der Waals surface area contributed by atoms with Crippen LogP contribution in [0.5, 0.6) is 0 Å². The molecule has 0 rings (SSSR count). The first-order valence-corrected chi connectivity index (χ1v) is 3.92. The fraction of sp³-hybridized carbons (Fsp3) is 0.333. The van der Waals surface area contributed by atoms with Crippen molar-refractivity contribution in [1.29, 1.82) is 0 Å². The van der Waals surface area contributed by atoms with Gasteiger partial charge < -0.3 is 10.0 Å². The van der Waals surface area contributed by atoms with Gasteiger partial charge in [0.15, 0.2) is 0 Å². The van der Waals surface area contributed by atoms with Gasteiger partial charge >= 0.3 is 7.12 Å². The zero-order chi connectivity index (χ0) is 9.56. The summed E-state index contributed by atoms with van der Waals surface area (Å²) in [4.78, 5) is 0. The lowest BCUT2D eigenvalue weighted by Gasteiger charge is -1.96. The Morgan fingerprint density at radius 2 is 1.83 bits per heavy atom. The van der Waals surface area contributed by atoms with Crippen LogP contribution in [0.3, 0.4) is 0 Å². The minimum absolute atomic E-state index is 0.507. The highest BCUT2D eigenvalue weighted by Crippen LogP contribution is 1.99. The molecule has 0 bridgehead atoms. The van der Waals surface area contributed by atoms with E-state index in [1.54, 1.807) is 25.2 Å². The highest BCUT2D eigenvalue weighted by molar-refractivity contribution is 6.51. The monoisotopic (exact) mass is 166 g/mol. The maximum Gasteiger partial charge on any atom is 0.488 e. The van der Waals surface area contributed by atoms with E-state index < -0.39 is 7.12 Å². The first-order chi connectivity index (χ1) is 5.57. The van der Waals surface area contributed by atoms with E-state index in [1.807, 2.05) is 19.9 Å². The second-order valence-electron chi connectivity index (χ2n) is 2.77. The molecule has 0 radical (unpaired) electrons. The molecule has 2 N–H and O–H groups in total. The molecule has 0 aliphatic rings. The highest BCUT2D eigenvalue weighted by atomic mass is 16.4. The standard InChI is InChI=1S/C9H15BO2/c1-4-9(10(11)12)7-5-6-8(2)3/h4-7,11-12H,1-3H3/b7-5-,9-4+. The average Bonchev–Trinajstić information content (AvgIpc) is 1.96. The maximum atomic E-state index is 8.79. The third kappa shape index (κ3) is 4.94. The molecular weight excluding hydrogens is 151 g/mol. The van der Waals surface area contributed by atoms with Gasteiger partial charge in [0.25, 0.3) is 0 Å². The van der Waals surface area contributed by atoms with Crippen LogP contribution in [-0.4, -0.2) is 17.2 Å². The van der Waals surface area contributed by atoms with Gasteiger partial charge in [0.2, 0.25) is 0 Å². The molecule has 0 unspecified atom stereocenters. The van der Waals surface area contributed by atoms with Crippen molar-refractivity contribution in [2.75, 3.05) is 0 Å². The van der Waals surface area contributed by atoms with Crippen molar-refractivity contribution in [3.63, 3.8) is 0 Å². The van der Waals surface area contributed by atoms with Crippen molar-refractivity contribution in [3.8, 4) is 0 Å². The highest BCUT2D eigenvalue weighted by Gasteiger charge is 2.08. The molecule has 0 spiro atoms. The third-order valence-electron chi connectivity index (χ3n) is 1.35. The normalized spacial score (nSPS) is 11.9. The van der Waals surface area contributed by atoms with E-state index in [2.05, 4.69) is 0 Å². The Kier molecular flexibility index (Phi) is 5.42. The van der Waals surface area contributed by atoms with Crippen molar-refractivity contribution in [2.24, 2.45) is 0 Å². The van der Waals surface area contributed by atoms with Gasteiger partial charge in [-0.1, -0.05) is 29.9 Å². The lowest BCUT2D eigenvalue weighted by Crippen LogP contribution is -2.13. The first kappa shape index (κ1) is 11.2. The average molecular weight is 166 g/mol. The Morgan fingerprint density at radius 1 is 1.25 bits per heavy atom. The second-order valence-corrected chi connectivity index (χ2v) is 2.77. The summed E-state index contributed by atoms with van der Waals surface area (Å²) in [6.45, 7) is 5.73. The molecule has 0 aliphatic heterocycles. The lowest BCUT2D eigenvalue weighted by molar-refractivity contribution is 0.420. The van der Waals surface area contributed by atoms with Gasteiger partial charge in [0.1, 0.15) is 0 Å². The summed E-state index contributed by atoms with van der Waals surface area (Å²) in [7, 11) is -1.38. The van der Waals surface area contributed by atoms with E-state index in [9.17, 15) is 0 Å². The Balaban J connectivity index is 4.23. The number of rotatable bonds is 3. The fourth-order valence-corrected chi connectivity index (χ4v) is 0.683.